The number of carboxylic acids is 1. The minimum atomic E-state index is -0.935. The van der Waals surface area contributed by atoms with Gasteiger partial charge in [-0.15, -0.1) is 0 Å². The van der Waals surface area contributed by atoms with E-state index in [0.717, 1.165) is 33.2 Å². The van der Waals surface area contributed by atoms with Gasteiger partial charge in [-0.2, -0.15) is 0 Å². The van der Waals surface area contributed by atoms with Crippen molar-refractivity contribution in [2.75, 3.05) is 0 Å². The summed E-state index contributed by atoms with van der Waals surface area (Å²) in [5.41, 5.74) is 5.05. The maximum atomic E-state index is 11.5. The van der Waals surface area contributed by atoms with Gasteiger partial charge in [0, 0.05) is 16.5 Å². The van der Waals surface area contributed by atoms with E-state index in [-0.39, 0.29) is 5.69 Å². The van der Waals surface area contributed by atoms with E-state index in [4.69, 9.17) is 0 Å². The van der Waals surface area contributed by atoms with Crippen molar-refractivity contribution < 1.29 is 9.90 Å². The fourth-order valence-corrected chi connectivity index (χ4v) is 2.72. The van der Waals surface area contributed by atoms with Crippen LogP contribution in [0.3, 0.4) is 0 Å². The molecule has 0 saturated carbocycles. The summed E-state index contributed by atoms with van der Waals surface area (Å²) in [5, 5.41) is 10.4. The predicted octanol–water partition coefficient (Wildman–Crippen LogP) is 4.15. The molecule has 2 N–H and O–H groups in total. The number of fused-ring (bicyclic) bond motifs is 1. The molecule has 3 heteroatoms. The third-order valence-corrected chi connectivity index (χ3v) is 3.43. The minimum Gasteiger partial charge on any atom is -0.477 e. The molecule has 0 aliphatic heterocycles. The number of hydrogen-bond acceptors (Lipinski definition) is 1. The van der Waals surface area contributed by atoms with Gasteiger partial charge in [0.2, 0.25) is 0 Å². The summed E-state index contributed by atoms with van der Waals surface area (Å²) in [7, 11) is 0. The number of H-pyrrole nitrogens is 1. The topological polar surface area (TPSA) is 53.1 Å². The second-order valence-electron chi connectivity index (χ2n) is 5.10. The van der Waals surface area contributed by atoms with Crippen LogP contribution in [0.4, 0.5) is 0 Å². The van der Waals surface area contributed by atoms with Crippen molar-refractivity contribution >= 4 is 16.9 Å². The fourth-order valence-electron chi connectivity index (χ4n) is 2.72. The number of carboxylic acid groups (broad SMARTS) is 1. The average molecular weight is 265 g/mol. The van der Waals surface area contributed by atoms with E-state index in [1.54, 1.807) is 0 Å². The highest BCUT2D eigenvalue weighted by Gasteiger charge is 2.18. The molecule has 3 rings (SSSR count). The van der Waals surface area contributed by atoms with Gasteiger partial charge in [0.05, 0.1) is 0 Å². The lowest BCUT2D eigenvalue weighted by Gasteiger charge is -2.06. The summed E-state index contributed by atoms with van der Waals surface area (Å²) in [6, 6.07) is 13.8. The number of nitrogens with one attached hydrogen (secondary N) is 1. The smallest absolute Gasteiger partial charge is 0.352 e. The summed E-state index contributed by atoms with van der Waals surface area (Å²) in [4.78, 5) is 14.5. The van der Waals surface area contributed by atoms with Crippen molar-refractivity contribution in [1.82, 2.24) is 4.98 Å². The van der Waals surface area contributed by atoms with Crippen LogP contribution in [0.15, 0.2) is 42.5 Å². The Hall–Kier alpha value is -2.55. The van der Waals surface area contributed by atoms with Gasteiger partial charge < -0.3 is 10.1 Å². The summed E-state index contributed by atoms with van der Waals surface area (Å²) < 4.78 is 0. The molecular weight excluding hydrogens is 250 g/mol. The Morgan fingerprint density at radius 2 is 1.70 bits per heavy atom. The predicted molar refractivity (Wildman–Crippen MR) is 80.2 cm³/mol. The summed E-state index contributed by atoms with van der Waals surface area (Å²) in [6.45, 7) is 4.04. The molecule has 0 saturated heterocycles. The van der Waals surface area contributed by atoms with Crippen molar-refractivity contribution in [3.05, 3.63) is 59.3 Å². The molecule has 3 aromatic rings. The number of rotatable bonds is 2. The Morgan fingerprint density at radius 1 is 1.05 bits per heavy atom. The normalized spacial score (nSPS) is 10.9. The molecule has 3 nitrogen and oxygen atoms in total. The molecule has 0 fully saturated rings. The van der Waals surface area contributed by atoms with Crippen LogP contribution < -0.4 is 0 Å². The van der Waals surface area contributed by atoms with Gasteiger partial charge in [-0.05, 0) is 25.5 Å². The van der Waals surface area contributed by atoms with Crippen molar-refractivity contribution in [2.24, 2.45) is 0 Å². The number of hydrogen-bond donors (Lipinski definition) is 2. The molecule has 0 atom stereocenters. The standard InChI is InChI=1S/C17H15NO2/c1-10-7-11(2)9-12(8-10)15-13-5-3-4-6-14(13)18-16(15)17(19)20/h3-9,18H,1-2H3,(H,19,20). The van der Waals surface area contributed by atoms with E-state index >= 15 is 0 Å². The summed E-state index contributed by atoms with van der Waals surface area (Å²) in [5.74, 6) is -0.935. The molecule has 0 aliphatic carbocycles. The van der Waals surface area contributed by atoms with Crippen molar-refractivity contribution in [3.63, 3.8) is 0 Å². The molecule has 0 amide bonds. The molecule has 0 unspecified atom stereocenters. The molecule has 2 aromatic carbocycles. The molecule has 1 heterocycles. The Labute approximate surface area is 116 Å². The van der Waals surface area contributed by atoms with Crippen LogP contribution in [-0.2, 0) is 0 Å². The number of para-hydroxylation sites is 1. The number of benzene rings is 2. The van der Waals surface area contributed by atoms with Crippen molar-refractivity contribution in [1.29, 1.82) is 0 Å². The van der Waals surface area contributed by atoms with Crippen LogP contribution in [0.1, 0.15) is 21.6 Å². The zero-order valence-corrected chi connectivity index (χ0v) is 11.4. The number of aryl methyl sites for hydroxylation is 2. The Morgan fingerprint density at radius 3 is 2.35 bits per heavy atom. The molecule has 0 aliphatic rings. The largest absolute Gasteiger partial charge is 0.477 e. The van der Waals surface area contributed by atoms with Crippen LogP contribution >= 0.6 is 0 Å². The van der Waals surface area contributed by atoms with Gasteiger partial charge in [0.25, 0.3) is 0 Å². The SMILES string of the molecule is Cc1cc(C)cc(-c2c(C(=O)O)[nH]c3ccccc23)c1. The maximum Gasteiger partial charge on any atom is 0.352 e. The van der Waals surface area contributed by atoms with Gasteiger partial charge in [0.15, 0.2) is 0 Å². The first-order valence-electron chi connectivity index (χ1n) is 6.49. The number of aromatic carboxylic acids is 1. The minimum absolute atomic E-state index is 0.246. The third kappa shape index (κ3) is 1.97. The molecular formula is C17H15NO2. The lowest BCUT2D eigenvalue weighted by atomic mass is 9.98. The van der Waals surface area contributed by atoms with Gasteiger partial charge in [0.1, 0.15) is 5.69 Å². The van der Waals surface area contributed by atoms with Crippen LogP contribution in [0, 0.1) is 13.8 Å². The van der Waals surface area contributed by atoms with E-state index < -0.39 is 5.97 Å². The molecule has 0 spiro atoms. The molecule has 0 radical (unpaired) electrons. The third-order valence-electron chi connectivity index (χ3n) is 3.43. The molecule has 20 heavy (non-hydrogen) atoms. The van der Waals surface area contributed by atoms with E-state index in [1.807, 2.05) is 50.2 Å². The van der Waals surface area contributed by atoms with E-state index in [9.17, 15) is 9.90 Å². The lowest BCUT2D eigenvalue weighted by molar-refractivity contribution is 0.0692. The number of carbonyl (C=O) groups is 1. The highest BCUT2D eigenvalue weighted by Crippen LogP contribution is 2.33. The second-order valence-corrected chi connectivity index (χ2v) is 5.10. The molecule has 1 aromatic heterocycles. The maximum absolute atomic E-state index is 11.5. The van der Waals surface area contributed by atoms with E-state index in [1.165, 1.54) is 0 Å². The zero-order valence-electron chi connectivity index (χ0n) is 11.4. The quantitative estimate of drug-likeness (QED) is 0.731. The van der Waals surface area contributed by atoms with Crippen LogP contribution in [0.25, 0.3) is 22.0 Å². The van der Waals surface area contributed by atoms with Crippen molar-refractivity contribution in [2.45, 2.75) is 13.8 Å². The number of aromatic amines is 1. The summed E-state index contributed by atoms with van der Waals surface area (Å²) >= 11 is 0. The number of aromatic nitrogens is 1. The monoisotopic (exact) mass is 265 g/mol. The van der Waals surface area contributed by atoms with Gasteiger partial charge in [-0.3, -0.25) is 0 Å². The lowest BCUT2D eigenvalue weighted by Crippen LogP contribution is -1.99. The zero-order chi connectivity index (χ0) is 14.3. The first-order chi connectivity index (χ1) is 9.56. The molecule has 0 bridgehead atoms. The Kier molecular flexibility index (Phi) is 2.83. The highest BCUT2D eigenvalue weighted by molar-refractivity contribution is 6.07. The van der Waals surface area contributed by atoms with Gasteiger partial charge in [-0.25, -0.2) is 4.79 Å². The van der Waals surface area contributed by atoms with Crippen molar-refractivity contribution in [3.8, 4) is 11.1 Å². The van der Waals surface area contributed by atoms with Crippen LogP contribution in [0.2, 0.25) is 0 Å². The average Bonchev–Trinajstić information content (AvgIpc) is 2.77. The Balaban J connectivity index is 2.38. The first-order valence-corrected chi connectivity index (χ1v) is 6.49. The molecule has 100 valence electrons. The van der Waals surface area contributed by atoms with Crippen LogP contribution in [0.5, 0.6) is 0 Å². The first kappa shape index (κ1) is 12.5. The second kappa shape index (κ2) is 4.53. The highest BCUT2D eigenvalue weighted by atomic mass is 16.4. The van der Waals surface area contributed by atoms with Crippen LogP contribution in [-0.4, -0.2) is 16.1 Å². The van der Waals surface area contributed by atoms with E-state index in [2.05, 4.69) is 11.1 Å². The Bertz CT molecular complexity index is 795. The van der Waals surface area contributed by atoms with E-state index in [0.29, 0.717) is 0 Å². The fraction of sp³-hybridized carbons (Fsp3) is 0.118. The van der Waals surface area contributed by atoms with Gasteiger partial charge >= 0.3 is 5.97 Å². The van der Waals surface area contributed by atoms with Gasteiger partial charge in [-0.1, -0.05) is 47.5 Å². The summed E-state index contributed by atoms with van der Waals surface area (Å²) in [6.07, 6.45) is 0.